The van der Waals surface area contributed by atoms with Crippen molar-refractivity contribution in [2.45, 2.75) is 67.0 Å². The fourth-order valence-corrected chi connectivity index (χ4v) is 5.77. The molecule has 0 bridgehead atoms. The Hall–Kier alpha value is -0.350. The molecule has 0 radical (unpaired) electrons. The maximum absolute atomic E-state index is 12.0. The average molecular weight is 550 g/mol. The Kier molecular flexibility index (Phi) is 9.67. The number of fused-ring (bicyclic) bond motifs is 1. The standard InChI is InChI=1S/C18H31NO14S2/c19-4-34-35-5-30-17(16(27)28)1-6(22)13(14(32-17)8(24)3-21)31-15-10-12(26)11(25)9(7(23)2-20)18(10,29)33-15/h6-15,20-26,29H,1-5,19H2,(H,27,28)/t6?,7-,8+,9?,10?,11+,12?,13+,14?,15-,17+,18?/m0/s1. The van der Waals surface area contributed by atoms with Crippen LogP contribution >= 0.6 is 21.6 Å². The molecule has 2 aliphatic heterocycles. The van der Waals surface area contributed by atoms with Gasteiger partial charge in [-0.05, 0) is 0 Å². The smallest absolute Gasteiger partial charge is 0.364 e. The van der Waals surface area contributed by atoms with E-state index in [0.717, 1.165) is 10.8 Å². The summed E-state index contributed by atoms with van der Waals surface area (Å²) in [5.41, 5.74) is 5.36. The molecule has 1 saturated carbocycles. The Morgan fingerprint density at radius 2 is 1.74 bits per heavy atom. The van der Waals surface area contributed by atoms with E-state index in [4.69, 9.17) is 24.7 Å². The van der Waals surface area contributed by atoms with E-state index < -0.39 is 98.0 Å². The van der Waals surface area contributed by atoms with Gasteiger partial charge in [0.25, 0.3) is 5.79 Å². The molecule has 11 N–H and O–H groups in total. The molecule has 0 spiro atoms. The summed E-state index contributed by atoms with van der Waals surface area (Å²) >= 11 is 0. The molecule has 0 aromatic carbocycles. The number of rotatable bonds is 12. The quantitative estimate of drug-likeness (QED) is 0.0622. The zero-order valence-corrected chi connectivity index (χ0v) is 19.9. The first-order chi connectivity index (χ1) is 16.5. The number of aliphatic carboxylic acids is 1. The van der Waals surface area contributed by atoms with Crippen molar-refractivity contribution in [1.29, 1.82) is 0 Å². The maximum atomic E-state index is 12.0. The first kappa shape index (κ1) is 29.2. The highest BCUT2D eigenvalue weighted by atomic mass is 33.1. The zero-order chi connectivity index (χ0) is 26.1. The van der Waals surface area contributed by atoms with E-state index in [1.54, 1.807) is 0 Å². The molecule has 15 nitrogen and oxygen atoms in total. The van der Waals surface area contributed by atoms with Gasteiger partial charge in [0.2, 0.25) is 0 Å². The van der Waals surface area contributed by atoms with E-state index in [0.29, 0.717) is 0 Å². The Morgan fingerprint density at radius 1 is 1.09 bits per heavy atom. The molecule has 3 fully saturated rings. The van der Waals surface area contributed by atoms with Crippen molar-refractivity contribution in [3.8, 4) is 0 Å². The minimum atomic E-state index is -2.40. The summed E-state index contributed by atoms with van der Waals surface area (Å²) in [6.45, 7) is -1.74. The molecular formula is C18H31NO14S2. The molecule has 12 atom stereocenters. The second-order valence-corrected chi connectivity index (χ2v) is 10.9. The van der Waals surface area contributed by atoms with Gasteiger partial charge in [0.15, 0.2) is 12.1 Å². The third-order valence-electron chi connectivity index (χ3n) is 6.42. The van der Waals surface area contributed by atoms with Crippen LogP contribution in [0.1, 0.15) is 6.42 Å². The zero-order valence-electron chi connectivity index (χ0n) is 18.3. The van der Waals surface area contributed by atoms with Gasteiger partial charge < -0.3 is 70.6 Å². The van der Waals surface area contributed by atoms with E-state index in [1.807, 2.05) is 0 Å². The van der Waals surface area contributed by atoms with Crippen molar-refractivity contribution in [1.82, 2.24) is 0 Å². The van der Waals surface area contributed by atoms with Crippen LogP contribution in [-0.2, 0) is 23.7 Å². The summed E-state index contributed by atoms with van der Waals surface area (Å²) in [5.74, 6) is -9.07. The van der Waals surface area contributed by atoms with Gasteiger partial charge in [-0.15, -0.1) is 0 Å². The summed E-state index contributed by atoms with van der Waals surface area (Å²) in [6, 6.07) is 0. The monoisotopic (exact) mass is 549 g/mol. The first-order valence-electron chi connectivity index (χ1n) is 10.6. The van der Waals surface area contributed by atoms with Gasteiger partial charge in [0, 0.05) is 12.3 Å². The summed E-state index contributed by atoms with van der Waals surface area (Å²) in [4.78, 5) is 12.0. The highest BCUT2D eigenvalue weighted by Gasteiger charge is 2.73. The van der Waals surface area contributed by atoms with Gasteiger partial charge >= 0.3 is 5.97 Å². The molecule has 17 heteroatoms. The Morgan fingerprint density at radius 3 is 2.31 bits per heavy atom. The third-order valence-corrected chi connectivity index (χ3v) is 8.14. The molecule has 2 heterocycles. The van der Waals surface area contributed by atoms with Crippen molar-refractivity contribution in [3.05, 3.63) is 0 Å². The SMILES string of the molecule is NCSSCO[C@]1(C(=O)O)CC(O)[C@@H](O[C@H]2OC3(O)C2C(O)[C@H](O)C3[C@@H](O)CO)C([C@H](O)CO)O1. The van der Waals surface area contributed by atoms with Crippen LogP contribution in [0.3, 0.4) is 0 Å². The van der Waals surface area contributed by atoms with Crippen LogP contribution in [0.25, 0.3) is 0 Å². The molecule has 3 aliphatic rings. The summed E-state index contributed by atoms with van der Waals surface area (Å²) < 4.78 is 21.8. The highest BCUT2D eigenvalue weighted by Crippen LogP contribution is 2.55. The molecule has 6 unspecified atom stereocenters. The largest absolute Gasteiger partial charge is 0.477 e. The van der Waals surface area contributed by atoms with Crippen LogP contribution < -0.4 is 5.73 Å². The number of hydrogen-bond donors (Lipinski definition) is 10. The van der Waals surface area contributed by atoms with Gasteiger partial charge in [-0.2, -0.15) is 0 Å². The fraction of sp³-hybridized carbons (Fsp3) is 0.944. The van der Waals surface area contributed by atoms with Crippen LogP contribution in [0.2, 0.25) is 0 Å². The van der Waals surface area contributed by atoms with Crippen LogP contribution in [0, 0.1) is 11.8 Å². The summed E-state index contributed by atoms with van der Waals surface area (Å²) in [7, 11) is 2.26. The number of ether oxygens (including phenoxy) is 4. The lowest BCUT2D eigenvalue weighted by atomic mass is 9.85. The Bertz CT molecular complexity index is 739. The van der Waals surface area contributed by atoms with Crippen molar-refractivity contribution < 1.29 is 69.7 Å². The first-order valence-corrected chi connectivity index (χ1v) is 13.1. The number of carboxylic acids is 1. The Labute approximate surface area is 207 Å². The van der Waals surface area contributed by atoms with Crippen molar-refractivity contribution in [2.24, 2.45) is 17.6 Å². The normalized spacial score (nSPS) is 44.9. The second kappa shape index (κ2) is 11.6. The van der Waals surface area contributed by atoms with Gasteiger partial charge in [-0.3, -0.25) is 0 Å². The van der Waals surface area contributed by atoms with E-state index >= 15 is 0 Å². The Balaban J connectivity index is 1.78. The average Bonchev–Trinajstić information content (AvgIpc) is 2.96. The number of carbonyl (C=O) groups is 1. The number of nitrogens with two attached hydrogens (primary N) is 1. The van der Waals surface area contributed by atoms with Gasteiger partial charge in [-0.25, -0.2) is 4.79 Å². The van der Waals surface area contributed by atoms with Crippen LogP contribution in [-0.4, -0.2) is 138 Å². The summed E-state index contributed by atoms with van der Waals surface area (Å²) in [6.07, 6.45) is -13.7. The van der Waals surface area contributed by atoms with Gasteiger partial charge in [-0.1, -0.05) is 21.6 Å². The lowest BCUT2D eigenvalue weighted by molar-refractivity contribution is -0.459. The summed E-state index contributed by atoms with van der Waals surface area (Å²) in [5, 5.41) is 90.8. The van der Waals surface area contributed by atoms with E-state index in [2.05, 4.69) is 0 Å². The van der Waals surface area contributed by atoms with Gasteiger partial charge in [0.1, 0.15) is 24.3 Å². The lowest BCUT2D eigenvalue weighted by Gasteiger charge is -2.53. The van der Waals surface area contributed by atoms with E-state index in [-0.39, 0.29) is 11.8 Å². The maximum Gasteiger partial charge on any atom is 0.364 e. The molecule has 2 saturated heterocycles. The molecule has 3 rings (SSSR count). The molecular weight excluding hydrogens is 518 g/mol. The number of hydrogen-bond acceptors (Lipinski definition) is 16. The predicted molar refractivity (Wildman–Crippen MR) is 116 cm³/mol. The fourth-order valence-electron chi connectivity index (χ4n) is 4.73. The molecule has 204 valence electrons. The van der Waals surface area contributed by atoms with E-state index in [9.17, 15) is 50.8 Å². The predicted octanol–water partition coefficient (Wildman–Crippen LogP) is -4.71. The van der Waals surface area contributed by atoms with Crippen molar-refractivity contribution >= 4 is 27.6 Å². The van der Waals surface area contributed by atoms with Crippen molar-refractivity contribution in [2.75, 3.05) is 25.0 Å². The van der Waals surface area contributed by atoms with Crippen LogP contribution in [0.5, 0.6) is 0 Å². The molecule has 1 aliphatic carbocycles. The van der Waals surface area contributed by atoms with Crippen molar-refractivity contribution in [3.63, 3.8) is 0 Å². The molecule has 0 aromatic heterocycles. The minimum absolute atomic E-state index is 0.201. The topological polar surface area (TPSA) is 262 Å². The van der Waals surface area contributed by atoms with Crippen LogP contribution in [0.15, 0.2) is 0 Å². The number of aliphatic hydroxyl groups excluding tert-OH is 7. The third kappa shape index (κ3) is 5.31. The van der Waals surface area contributed by atoms with Crippen LogP contribution in [0.4, 0.5) is 0 Å². The number of carboxylic acid groups (broad SMARTS) is 1. The highest BCUT2D eigenvalue weighted by molar-refractivity contribution is 8.76. The minimum Gasteiger partial charge on any atom is -0.477 e. The second-order valence-electron chi connectivity index (χ2n) is 8.45. The molecule has 0 aromatic rings. The van der Waals surface area contributed by atoms with Gasteiger partial charge in [0.05, 0.1) is 49.5 Å². The molecule has 35 heavy (non-hydrogen) atoms. The molecule has 0 amide bonds. The van der Waals surface area contributed by atoms with E-state index in [1.165, 1.54) is 10.8 Å². The lowest BCUT2D eigenvalue weighted by Crippen LogP contribution is -2.69. The number of aliphatic hydroxyl groups is 8.